The topological polar surface area (TPSA) is 61.4 Å². The van der Waals surface area contributed by atoms with Gasteiger partial charge in [-0.1, -0.05) is 13.8 Å². The van der Waals surface area contributed by atoms with Crippen molar-refractivity contribution in [3.05, 3.63) is 18.6 Å². The molecule has 1 aromatic heterocycles. The molecule has 0 aromatic carbocycles. The number of anilines is 1. The second-order valence-corrected chi connectivity index (χ2v) is 8.02. The Kier molecular flexibility index (Phi) is 3.95. The van der Waals surface area contributed by atoms with Crippen molar-refractivity contribution in [3.63, 3.8) is 0 Å². The van der Waals surface area contributed by atoms with Crippen LogP contribution in [0.25, 0.3) is 0 Å². The smallest absolute Gasteiger partial charge is 0.225 e. The molecule has 2 atom stereocenters. The monoisotopic (exact) mass is 329 g/mol. The van der Waals surface area contributed by atoms with E-state index in [1.54, 1.807) is 12.4 Å². The van der Waals surface area contributed by atoms with Gasteiger partial charge in [-0.15, -0.1) is 0 Å². The maximum absolute atomic E-state index is 12.5. The molecule has 4 rings (SSSR count). The summed E-state index contributed by atoms with van der Waals surface area (Å²) in [5.74, 6) is 2.53. The standard InChI is InChI=1S/C18H27N5O/c1-13(2)10-22-11-14-15(12-22)18(21-17(14)24)3-7-23(8-4-18)16-9-19-5-6-20-16/h5-6,9,13-15H,3-4,7-8,10-12H2,1-2H3,(H,21,24)/t14-,15-/m0/s1. The van der Waals surface area contributed by atoms with Gasteiger partial charge >= 0.3 is 0 Å². The van der Waals surface area contributed by atoms with Crippen LogP contribution >= 0.6 is 0 Å². The predicted molar refractivity (Wildman–Crippen MR) is 92.6 cm³/mol. The Labute approximate surface area is 143 Å². The van der Waals surface area contributed by atoms with Crippen LogP contribution < -0.4 is 10.2 Å². The number of fused-ring (bicyclic) bond motifs is 2. The highest BCUT2D eigenvalue weighted by atomic mass is 16.2. The van der Waals surface area contributed by atoms with Gasteiger partial charge in [-0.2, -0.15) is 0 Å². The fourth-order valence-electron chi connectivity index (χ4n) is 4.89. The van der Waals surface area contributed by atoms with Gasteiger partial charge in [0.1, 0.15) is 5.82 Å². The number of amides is 1. The van der Waals surface area contributed by atoms with E-state index < -0.39 is 0 Å². The molecule has 3 saturated heterocycles. The zero-order chi connectivity index (χ0) is 16.7. The molecule has 3 fully saturated rings. The van der Waals surface area contributed by atoms with Crippen LogP contribution in [-0.2, 0) is 4.79 Å². The lowest BCUT2D eigenvalue weighted by molar-refractivity contribution is -0.123. The summed E-state index contributed by atoms with van der Waals surface area (Å²) >= 11 is 0. The molecule has 4 heterocycles. The fraction of sp³-hybridized carbons (Fsp3) is 0.722. The van der Waals surface area contributed by atoms with Gasteiger partial charge in [0.15, 0.2) is 0 Å². The van der Waals surface area contributed by atoms with Crippen LogP contribution in [0.5, 0.6) is 0 Å². The third-order valence-corrected chi connectivity index (χ3v) is 5.97. The zero-order valence-electron chi connectivity index (χ0n) is 14.6. The van der Waals surface area contributed by atoms with Gasteiger partial charge in [0.05, 0.1) is 12.1 Å². The number of likely N-dealkylation sites (tertiary alicyclic amines) is 1. The first-order valence-corrected chi connectivity index (χ1v) is 9.13. The highest BCUT2D eigenvalue weighted by Crippen LogP contribution is 2.44. The fourth-order valence-corrected chi connectivity index (χ4v) is 4.89. The maximum atomic E-state index is 12.5. The molecule has 3 aliphatic heterocycles. The molecular weight excluding hydrogens is 302 g/mol. The molecular formula is C18H27N5O. The number of nitrogens with zero attached hydrogens (tertiary/aromatic N) is 4. The van der Waals surface area contributed by atoms with Crippen molar-refractivity contribution in [3.8, 4) is 0 Å². The maximum Gasteiger partial charge on any atom is 0.225 e. The van der Waals surface area contributed by atoms with Gasteiger partial charge in [-0.3, -0.25) is 9.78 Å². The Balaban J connectivity index is 1.46. The van der Waals surface area contributed by atoms with Crippen LogP contribution in [-0.4, -0.2) is 59.0 Å². The summed E-state index contributed by atoms with van der Waals surface area (Å²) in [5.41, 5.74) is -0.00775. The minimum Gasteiger partial charge on any atom is -0.355 e. The van der Waals surface area contributed by atoms with E-state index in [9.17, 15) is 4.79 Å². The first kappa shape index (κ1) is 15.8. The summed E-state index contributed by atoms with van der Waals surface area (Å²) in [6.45, 7) is 9.48. The molecule has 130 valence electrons. The molecule has 6 heteroatoms. The Bertz CT molecular complexity index is 597. The SMILES string of the molecule is CC(C)CN1C[C@@H]2C(=O)NC3(CCN(c4cnccn4)CC3)[C@H]2C1. The summed E-state index contributed by atoms with van der Waals surface area (Å²) in [6.07, 6.45) is 7.29. The van der Waals surface area contributed by atoms with E-state index in [0.717, 1.165) is 51.4 Å². The second-order valence-electron chi connectivity index (χ2n) is 8.02. The van der Waals surface area contributed by atoms with E-state index in [1.807, 2.05) is 6.20 Å². The van der Waals surface area contributed by atoms with Crippen molar-refractivity contribution in [1.82, 2.24) is 20.2 Å². The number of aromatic nitrogens is 2. The van der Waals surface area contributed by atoms with Gasteiger partial charge in [-0.05, 0) is 18.8 Å². The first-order chi connectivity index (χ1) is 11.6. The predicted octanol–water partition coefficient (Wildman–Crippen LogP) is 1.15. The van der Waals surface area contributed by atoms with E-state index in [1.165, 1.54) is 0 Å². The minimum atomic E-state index is -0.00775. The quantitative estimate of drug-likeness (QED) is 0.901. The Hall–Kier alpha value is -1.69. The van der Waals surface area contributed by atoms with Crippen LogP contribution in [0.3, 0.4) is 0 Å². The third-order valence-electron chi connectivity index (χ3n) is 5.97. The number of piperidine rings is 1. The molecule has 1 spiro atoms. The van der Waals surface area contributed by atoms with Crippen molar-refractivity contribution < 1.29 is 4.79 Å². The van der Waals surface area contributed by atoms with Crippen molar-refractivity contribution >= 4 is 11.7 Å². The van der Waals surface area contributed by atoms with Gasteiger partial charge in [0, 0.05) is 56.6 Å². The molecule has 0 radical (unpaired) electrons. The Morgan fingerprint density at radius 3 is 2.75 bits per heavy atom. The average Bonchev–Trinajstić information content (AvgIpc) is 3.09. The van der Waals surface area contributed by atoms with Crippen molar-refractivity contribution in [2.24, 2.45) is 17.8 Å². The zero-order valence-corrected chi connectivity index (χ0v) is 14.6. The lowest BCUT2D eigenvalue weighted by Crippen LogP contribution is -2.55. The largest absolute Gasteiger partial charge is 0.355 e. The van der Waals surface area contributed by atoms with E-state index in [0.29, 0.717) is 11.8 Å². The van der Waals surface area contributed by atoms with Crippen LogP contribution in [0.15, 0.2) is 18.6 Å². The molecule has 1 N–H and O–H groups in total. The van der Waals surface area contributed by atoms with Crippen LogP contribution in [0.2, 0.25) is 0 Å². The number of hydrogen-bond acceptors (Lipinski definition) is 5. The molecule has 1 amide bonds. The summed E-state index contributed by atoms with van der Waals surface area (Å²) in [5, 5.41) is 3.39. The Morgan fingerprint density at radius 1 is 1.29 bits per heavy atom. The summed E-state index contributed by atoms with van der Waals surface area (Å²) in [6, 6.07) is 0. The number of hydrogen-bond donors (Lipinski definition) is 1. The van der Waals surface area contributed by atoms with Gasteiger partial charge in [-0.25, -0.2) is 4.98 Å². The second kappa shape index (κ2) is 5.99. The van der Waals surface area contributed by atoms with Crippen LogP contribution in [0.4, 0.5) is 5.82 Å². The summed E-state index contributed by atoms with van der Waals surface area (Å²) < 4.78 is 0. The molecule has 24 heavy (non-hydrogen) atoms. The van der Waals surface area contributed by atoms with Crippen LogP contribution in [0, 0.1) is 17.8 Å². The number of carbonyl (C=O) groups excluding carboxylic acids is 1. The molecule has 0 unspecified atom stereocenters. The number of rotatable bonds is 3. The molecule has 0 bridgehead atoms. The highest BCUT2D eigenvalue weighted by molar-refractivity contribution is 5.83. The molecule has 6 nitrogen and oxygen atoms in total. The van der Waals surface area contributed by atoms with Crippen molar-refractivity contribution in [1.29, 1.82) is 0 Å². The minimum absolute atomic E-state index is 0.00775. The molecule has 1 aromatic rings. The lowest BCUT2D eigenvalue weighted by atomic mass is 9.75. The van der Waals surface area contributed by atoms with Gasteiger partial charge in [0.2, 0.25) is 5.91 Å². The number of nitrogens with one attached hydrogen (secondary N) is 1. The van der Waals surface area contributed by atoms with Gasteiger partial charge in [0.25, 0.3) is 0 Å². The highest BCUT2D eigenvalue weighted by Gasteiger charge is 2.57. The molecule has 0 aliphatic carbocycles. The number of carbonyl (C=O) groups is 1. The summed E-state index contributed by atoms with van der Waals surface area (Å²) in [4.78, 5) is 25.9. The molecule has 3 aliphatic rings. The van der Waals surface area contributed by atoms with Gasteiger partial charge < -0.3 is 15.1 Å². The lowest BCUT2D eigenvalue weighted by Gasteiger charge is -2.43. The first-order valence-electron chi connectivity index (χ1n) is 9.13. The van der Waals surface area contributed by atoms with E-state index >= 15 is 0 Å². The summed E-state index contributed by atoms with van der Waals surface area (Å²) in [7, 11) is 0. The van der Waals surface area contributed by atoms with E-state index in [-0.39, 0.29) is 17.4 Å². The molecule has 0 saturated carbocycles. The normalized spacial score (nSPS) is 29.3. The average molecular weight is 329 g/mol. The van der Waals surface area contributed by atoms with Crippen LogP contribution in [0.1, 0.15) is 26.7 Å². The van der Waals surface area contributed by atoms with Crippen molar-refractivity contribution in [2.45, 2.75) is 32.2 Å². The van der Waals surface area contributed by atoms with E-state index in [4.69, 9.17) is 0 Å². The van der Waals surface area contributed by atoms with Crippen molar-refractivity contribution in [2.75, 3.05) is 37.6 Å². The Morgan fingerprint density at radius 2 is 2.08 bits per heavy atom. The van der Waals surface area contributed by atoms with E-state index in [2.05, 4.69) is 38.9 Å². The third kappa shape index (κ3) is 2.66.